The lowest BCUT2D eigenvalue weighted by atomic mass is 10.1. The Morgan fingerprint density at radius 1 is 0.889 bits per heavy atom. The monoisotopic (exact) mass is 354 g/mol. The number of aromatic nitrogens is 2. The van der Waals surface area contributed by atoms with Gasteiger partial charge in [-0.2, -0.15) is 9.78 Å². The molecule has 0 unspecified atom stereocenters. The molecule has 0 N–H and O–H groups in total. The number of methoxy groups -OCH3 is 1. The van der Waals surface area contributed by atoms with E-state index < -0.39 is 0 Å². The molecule has 1 heterocycles. The van der Waals surface area contributed by atoms with Crippen LogP contribution in [0.5, 0.6) is 5.75 Å². The van der Waals surface area contributed by atoms with Gasteiger partial charge in [-0.05, 0) is 47.5 Å². The van der Waals surface area contributed by atoms with E-state index in [4.69, 9.17) is 4.74 Å². The number of nitrogens with zero attached hydrogens (tertiary/aromatic N) is 2. The predicted molar refractivity (Wildman–Crippen MR) is 109 cm³/mol. The first-order valence-electron chi connectivity index (χ1n) is 8.64. The lowest BCUT2D eigenvalue weighted by Crippen LogP contribution is -2.20. The van der Waals surface area contributed by atoms with E-state index in [2.05, 4.69) is 5.10 Å². The van der Waals surface area contributed by atoms with Gasteiger partial charge in [-0.3, -0.25) is 4.79 Å². The van der Waals surface area contributed by atoms with Crippen LogP contribution in [0.25, 0.3) is 28.6 Å². The largest absolute Gasteiger partial charge is 0.497 e. The zero-order valence-electron chi connectivity index (χ0n) is 14.9. The maximum atomic E-state index is 12.8. The number of fused-ring (bicyclic) bond motifs is 1. The first kappa shape index (κ1) is 16.8. The molecule has 0 spiro atoms. The fraction of sp³-hybridized carbons (Fsp3) is 0.0435. The van der Waals surface area contributed by atoms with Gasteiger partial charge < -0.3 is 4.74 Å². The highest BCUT2D eigenvalue weighted by Gasteiger charge is 2.06. The van der Waals surface area contributed by atoms with Crippen molar-refractivity contribution in [2.24, 2.45) is 0 Å². The van der Waals surface area contributed by atoms with Gasteiger partial charge in [0, 0.05) is 5.39 Å². The Hall–Kier alpha value is -3.66. The Morgan fingerprint density at radius 3 is 2.33 bits per heavy atom. The normalized spacial score (nSPS) is 11.1. The maximum absolute atomic E-state index is 12.8. The van der Waals surface area contributed by atoms with Crippen molar-refractivity contribution in [2.45, 2.75) is 0 Å². The maximum Gasteiger partial charge on any atom is 0.279 e. The highest BCUT2D eigenvalue weighted by molar-refractivity contribution is 5.84. The first-order valence-corrected chi connectivity index (χ1v) is 8.64. The van der Waals surface area contributed by atoms with Crippen LogP contribution in [0.15, 0.2) is 83.8 Å². The molecule has 0 aliphatic carbocycles. The van der Waals surface area contributed by atoms with Gasteiger partial charge in [-0.25, -0.2) is 0 Å². The molecular formula is C23H18N2O2. The molecule has 0 amide bonds. The quantitative estimate of drug-likeness (QED) is 0.505. The van der Waals surface area contributed by atoms with Crippen LogP contribution in [0.4, 0.5) is 0 Å². The molecule has 0 aliphatic rings. The Balaban J connectivity index is 1.66. The highest BCUT2D eigenvalue weighted by Crippen LogP contribution is 2.17. The van der Waals surface area contributed by atoms with Gasteiger partial charge in [0.1, 0.15) is 5.75 Å². The smallest absolute Gasteiger partial charge is 0.279 e. The molecule has 0 fully saturated rings. The predicted octanol–water partition coefficient (Wildman–Crippen LogP) is 4.56. The van der Waals surface area contributed by atoms with Crippen molar-refractivity contribution >= 4 is 22.9 Å². The van der Waals surface area contributed by atoms with Gasteiger partial charge in [0.25, 0.3) is 5.56 Å². The number of ether oxygens (including phenoxy) is 1. The molecule has 0 atom stereocenters. The van der Waals surface area contributed by atoms with Crippen molar-refractivity contribution < 1.29 is 4.74 Å². The summed E-state index contributed by atoms with van der Waals surface area (Å²) in [5, 5.41) is 5.79. The second kappa shape index (κ2) is 7.30. The number of rotatable bonds is 4. The van der Waals surface area contributed by atoms with Crippen LogP contribution in [-0.4, -0.2) is 16.9 Å². The second-order valence-electron chi connectivity index (χ2n) is 6.15. The molecule has 4 rings (SSSR count). The fourth-order valence-electron chi connectivity index (χ4n) is 2.93. The van der Waals surface area contributed by atoms with Crippen molar-refractivity contribution in [3.63, 3.8) is 0 Å². The summed E-state index contributed by atoms with van der Waals surface area (Å²) in [6.07, 6.45) is 5.78. The van der Waals surface area contributed by atoms with E-state index >= 15 is 0 Å². The molecule has 3 aromatic carbocycles. The lowest BCUT2D eigenvalue weighted by molar-refractivity contribution is 0.415. The third-order valence-corrected chi connectivity index (χ3v) is 4.40. The molecule has 4 heteroatoms. The van der Waals surface area contributed by atoms with Gasteiger partial charge in [0.15, 0.2) is 0 Å². The van der Waals surface area contributed by atoms with Crippen molar-refractivity contribution in [3.05, 3.63) is 100 Å². The Bertz CT molecular complexity index is 1160. The number of hydrogen-bond acceptors (Lipinski definition) is 3. The average Bonchev–Trinajstić information content (AvgIpc) is 2.73. The van der Waals surface area contributed by atoms with Crippen molar-refractivity contribution in [2.75, 3.05) is 7.11 Å². The van der Waals surface area contributed by atoms with Gasteiger partial charge in [-0.15, -0.1) is 0 Å². The van der Waals surface area contributed by atoms with E-state index in [0.29, 0.717) is 5.39 Å². The highest BCUT2D eigenvalue weighted by atomic mass is 16.5. The number of hydrogen-bond donors (Lipinski definition) is 0. The molecule has 4 aromatic rings. The molecule has 4 nitrogen and oxygen atoms in total. The SMILES string of the molecule is COc1ccc(C=Cc2ccc3c(=O)n(-c4ccccc4)ncc3c2)cc1. The summed E-state index contributed by atoms with van der Waals surface area (Å²) < 4.78 is 6.60. The molecule has 0 aliphatic heterocycles. The van der Waals surface area contributed by atoms with Crippen LogP contribution in [0.1, 0.15) is 11.1 Å². The van der Waals surface area contributed by atoms with Gasteiger partial charge in [0.2, 0.25) is 0 Å². The van der Waals surface area contributed by atoms with Crippen LogP contribution < -0.4 is 10.3 Å². The molecule has 27 heavy (non-hydrogen) atoms. The van der Waals surface area contributed by atoms with Crippen LogP contribution in [-0.2, 0) is 0 Å². The third-order valence-electron chi connectivity index (χ3n) is 4.40. The fourth-order valence-corrected chi connectivity index (χ4v) is 2.93. The van der Waals surface area contributed by atoms with E-state index in [1.54, 1.807) is 13.3 Å². The summed E-state index contributed by atoms with van der Waals surface area (Å²) in [4.78, 5) is 12.8. The lowest BCUT2D eigenvalue weighted by Gasteiger charge is -2.06. The van der Waals surface area contributed by atoms with Crippen molar-refractivity contribution in [1.29, 1.82) is 0 Å². The summed E-state index contributed by atoms with van der Waals surface area (Å²) in [7, 11) is 1.65. The third kappa shape index (κ3) is 3.51. The minimum Gasteiger partial charge on any atom is -0.497 e. The summed E-state index contributed by atoms with van der Waals surface area (Å²) in [5.74, 6) is 0.832. The summed E-state index contributed by atoms with van der Waals surface area (Å²) >= 11 is 0. The summed E-state index contributed by atoms with van der Waals surface area (Å²) in [5.41, 5.74) is 2.72. The van der Waals surface area contributed by atoms with E-state index in [0.717, 1.165) is 28.0 Å². The summed E-state index contributed by atoms with van der Waals surface area (Å²) in [6, 6.07) is 23.0. The molecular weight excluding hydrogens is 336 g/mol. The molecule has 1 aromatic heterocycles. The average molecular weight is 354 g/mol. The minimum atomic E-state index is -0.121. The van der Waals surface area contributed by atoms with Gasteiger partial charge in [0.05, 0.1) is 24.4 Å². The number of para-hydroxylation sites is 1. The van der Waals surface area contributed by atoms with Crippen LogP contribution in [0.3, 0.4) is 0 Å². The molecule has 0 saturated heterocycles. The van der Waals surface area contributed by atoms with E-state index in [9.17, 15) is 4.79 Å². The molecule has 132 valence electrons. The van der Waals surface area contributed by atoms with Crippen molar-refractivity contribution in [1.82, 2.24) is 9.78 Å². The summed E-state index contributed by atoms with van der Waals surface area (Å²) in [6.45, 7) is 0. The molecule has 0 radical (unpaired) electrons. The van der Waals surface area contributed by atoms with E-state index in [1.807, 2.05) is 84.9 Å². The van der Waals surface area contributed by atoms with Gasteiger partial charge >= 0.3 is 0 Å². The van der Waals surface area contributed by atoms with Crippen LogP contribution >= 0.6 is 0 Å². The van der Waals surface area contributed by atoms with Crippen LogP contribution in [0, 0.1) is 0 Å². The topological polar surface area (TPSA) is 44.1 Å². The molecule has 0 bridgehead atoms. The molecule has 0 saturated carbocycles. The van der Waals surface area contributed by atoms with Crippen LogP contribution in [0.2, 0.25) is 0 Å². The second-order valence-corrected chi connectivity index (χ2v) is 6.15. The first-order chi connectivity index (χ1) is 13.2. The van der Waals surface area contributed by atoms with Gasteiger partial charge in [-0.1, -0.05) is 48.6 Å². The Kier molecular flexibility index (Phi) is 4.54. The minimum absolute atomic E-state index is 0.121. The Morgan fingerprint density at radius 2 is 1.59 bits per heavy atom. The van der Waals surface area contributed by atoms with Crippen molar-refractivity contribution in [3.8, 4) is 11.4 Å². The van der Waals surface area contributed by atoms with E-state index in [1.165, 1.54) is 4.68 Å². The van der Waals surface area contributed by atoms with E-state index in [-0.39, 0.29) is 5.56 Å². The standard InChI is InChI=1S/C23H18N2O2/c1-27-21-12-9-17(10-13-21)7-8-18-11-14-22-19(15-18)16-24-25(23(22)26)20-5-3-2-4-6-20/h2-16H,1H3. The zero-order valence-corrected chi connectivity index (χ0v) is 14.9. The zero-order chi connectivity index (χ0) is 18.6. The number of benzene rings is 3. The Labute approximate surface area is 157 Å².